The molecule has 2 heterocycles. The minimum absolute atomic E-state index is 0.0594. The van der Waals surface area contributed by atoms with Crippen LogP contribution in [0.5, 0.6) is 0 Å². The van der Waals surface area contributed by atoms with Gasteiger partial charge in [-0.2, -0.15) is 13.2 Å². The predicted molar refractivity (Wildman–Crippen MR) is 137 cm³/mol. The lowest BCUT2D eigenvalue weighted by Gasteiger charge is -2.43. The summed E-state index contributed by atoms with van der Waals surface area (Å²) in [5.41, 5.74) is -1.76. The van der Waals surface area contributed by atoms with Crippen LogP contribution in [-0.4, -0.2) is 76.0 Å². The maximum atomic E-state index is 12.9. The number of aliphatic hydroxyl groups is 1. The number of rotatable bonds is 7. The van der Waals surface area contributed by atoms with Gasteiger partial charge in [0.1, 0.15) is 5.37 Å². The summed E-state index contributed by atoms with van der Waals surface area (Å²) >= 11 is 1.74. The Balaban J connectivity index is 1.20. The molecule has 7 nitrogen and oxygen atoms in total. The SMILES string of the molecule is CCN1C=C(C)SC1C1(O)CCC(N[C@H]2CCN(C(=O)CNC(=O)c3cccc(C(F)(F)F)c3)C2)CC1. The van der Waals surface area contributed by atoms with Gasteiger partial charge in [-0.3, -0.25) is 9.59 Å². The molecule has 2 aliphatic heterocycles. The second kappa shape index (κ2) is 11.2. The second-order valence-electron chi connectivity index (χ2n) is 10.2. The van der Waals surface area contributed by atoms with Gasteiger partial charge in [-0.1, -0.05) is 6.07 Å². The molecule has 2 amide bonds. The van der Waals surface area contributed by atoms with E-state index in [1.54, 1.807) is 16.7 Å². The maximum Gasteiger partial charge on any atom is 0.416 e. The Morgan fingerprint density at radius 2 is 1.92 bits per heavy atom. The van der Waals surface area contributed by atoms with Gasteiger partial charge in [0.25, 0.3) is 5.91 Å². The number of allylic oxidation sites excluding steroid dienone is 1. The molecule has 0 spiro atoms. The fourth-order valence-corrected chi connectivity index (χ4v) is 6.79. The number of halogens is 3. The Morgan fingerprint density at radius 3 is 2.59 bits per heavy atom. The van der Waals surface area contributed by atoms with E-state index in [0.717, 1.165) is 50.8 Å². The molecule has 0 bridgehead atoms. The van der Waals surface area contributed by atoms with E-state index in [2.05, 4.69) is 35.6 Å². The Labute approximate surface area is 219 Å². The third-order valence-corrected chi connectivity index (χ3v) is 8.90. The summed E-state index contributed by atoms with van der Waals surface area (Å²) in [6, 6.07) is 4.56. The van der Waals surface area contributed by atoms with Gasteiger partial charge in [0.2, 0.25) is 5.91 Å². The molecule has 204 valence electrons. The van der Waals surface area contributed by atoms with Crippen molar-refractivity contribution in [3.8, 4) is 0 Å². The monoisotopic (exact) mass is 540 g/mol. The van der Waals surface area contributed by atoms with Crippen LogP contribution >= 0.6 is 11.8 Å². The first-order valence-electron chi connectivity index (χ1n) is 12.8. The van der Waals surface area contributed by atoms with E-state index >= 15 is 0 Å². The molecular weight excluding hydrogens is 505 g/mol. The number of carbonyl (C=O) groups is 2. The molecule has 37 heavy (non-hydrogen) atoms. The zero-order valence-corrected chi connectivity index (χ0v) is 22.0. The van der Waals surface area contributed by atoms with Gasteiger partial charge in [0.15, 0.2) is 0 Å². The van der Waals surface area contributed by atoms with Gasteiger partial charge in [0.05, 0.1) is 17.7 Å². The van der Waals surface area contributed by atoms with Crippen LogP contribution in [0.3, 0.4) is 0 Å². The number of benzene rings is 1. The van der Waals surface area contributed by atoms with Crippen LogP contribution < -0.4 is 10.6 Å². The quantitative estimate of drug-likeness (QED) is 0.491. The zero-order chi connectivity index (χ0) is 26.8. The smallest absolute Gasteiger partial charge is 0.387 e. The number of amides is 2. The van der Waals surface area contributed by atoms with Crippen molar-refractivity contribution in [1.29, 1.82) is 0 Å². The minimum atomic E-state index is -4.54. The van der Waals surface area contributed by atoms with Crippen molar-refractivity contribution in [2.75, 3.05) is 26.2 Å². The highest BCUT2D eigenvalue weighted by atomic mass is 32.2. The normalized spacial score (nSPS) is 28.4. The Kier molecular flexibility index (Phi) is 8.45. The van der Waals surface area contributed by atoms with Crippen LogP contribution in [-0.2, 0) is 11.0 Å². The van der Waals surface area contributed by atoms with Gasteiger partial charge in [-0.05, 0) is 69.1 Å². The lowest BCUT2D eigenvalue weighted by Crippen LogP contribution is -2.53. The molecule has 11 heteroatoms. The summed E-state index contributed by atoms with van der Waals surface area (Å²) in [7, 11) is 0. The van der Waals surface area contributed by atoms with Crippen LogP contribution in [0.1, 0.15) is 61.9 Å². The van der Waals surface area contributed by atoms with Crippen molar-refractivity contribution in [3.05, 3.63) is 46.5 Å². The number of thioether (sulfide) groups is 1. The van der Waals surface area contributed by atoms with Crippen molar-refractivity contribution in [3.63, 3.8) is 0 Å². The lowest BCUT2D eigenvalue weighted by atomic mass is 9.81. The van der Waals surface area contributed by atoms with Crippen molar-refractivity contribution >= 4 is 23.6 Å². The van der Waals surface area contributed by atoms with Gasteiger partial charge in [-0.25, -0.2) is 0 Å². The van der Waals surface area contributed by atoms with Crippen LogP contribution in [0.15, 0.2) is 35.4 Å². The highest BCUT2D eigenvalue weighted by molar-refractivity contribution is 8.03. The standard InChI is InChI=1S/C26H35F3N4O3S/c1-3-32-15-17(2)37-24(32)25(36)10-7-20(8-11-25)31-21-9-12-33(16-21)22(34)14-30-23(35)18-5-4-6-19(13-18)26(27,28)29/h4-6,13,15,20-21,24,31,36H,3,7-12,14,16H2,1-2H3,(H,30,35)/t20?,21-,24?,25?/m0/s1. The van der Waals surface area contributed by atoms with E-state index < -0.39 is 23.2 Å². The van der Waals surface area contributed by atoms with Crippen molar-refractivity contribution in [2.24, 2.45) is 0 Å². The van der Waals surface area contributed by atoms with E-state index in [9.17, 15) is 27.9 Å². The topological polar surface area (TPSA) is 84.9 Å². The molecule has 4 rings (SSSR count). The van der Waals surface area contributed by atoms with Gasteiger partial charge < -0.3 is 25.5 Å². The van der Waals surface area contributed by atoms with Gasteiger partial charge in [0, 0.05) is 43.5 Å². The first kappa shape index (κ1) is 27.8. The first-order chi connectivity index (χ1) is 17.5. The number of nitrogens with zero attached hydrogens (tertiary/aromatic N) is 2. The van der Waals surface area contributed by atoms with Crippen molar-refractivity contribution < 1.29 is 27.9 Å². The molecule has 2 atom stereocenters. The summed E-state index contributed by atoms with van der Waals surface area (Å²) < 4.78 is 38.7. The molecule has 2 fully saturated rings. The predicted octanol–water partition coefficient (Wildman–Crippen LogP) is 3.56. The number of alkyl halides is 3. The van der Waals surface area contributed by atoms with Crippen LogP contribution in [0.4, 0.5) is 13.2 Å². The summed E-state index contributed by atoms with van der Waals surface area (Å²) in [6.07, 6.45) is 1.54. The maximum absolute atomic E-state index is 12.9. The number of likely N-dealkylation sites (tertiary alicyclic amines) is 1. The summed E-state index contributed by atoms with van der Waals surface area (Å²) in [5, 5.41) is 17.5. The molecule has 0 aromatic heterocycles. The Bertz CT molecular complexity index is 1030. The fraction of sp³-hybridized carbons (Fsp3) is 0.615. The minimum Gasteiger partial charge on any atom is -0.387 e. The number of likely N-dealkylation sites (N-methyl/N-ethyl adjacent to an activating group) is 1. The fourth-order valence-electron chi connectivity index (χ4n) is 5.44. The number of hydrogen-bond donors (Lipinski definition) is 3. The van der Waals surface area contributed by atoms with E-state index in [-0.39, 0.29) is 35.5 Å². The molecule has 1 aromatic carbocycles. The van der Waals surface area contributed by atoms with Crippen LogP contribution in [0.25, 0.3) is 0 Å². The summed E-state index contributed by atoms with van der Waals surface area (Å²) in [5.74, 6) is -0.973. The Morgan fingerprint density at radius 1 is 1.19 bits per heavy atom. The van der Waals surface area contributed by atoms with E-state index in [1.165, 1.54) is 17.0 Å². The highest BCUT2D eigenvalue weighted by Crippen LogP contribution is 2.44. The molecular formula is C26H35F3N4O3S. The number of hydrogen-bond acceptors (Lipinski definition) is 6. The third-order valence-electron chi connectivity index (χ3n) is 7.49. The van der Waals surface area contributed by atoms with Crippen molar-refractivity contribution in [2.45, 2.75) is 75.2 Å². The number of carbonyl (C=O) groups excluding carboxylic acids is 2. The average molecular weight is 541 g/mol. The first-order valence-corrected chi connectivity index (χ1v) is 13.7. The molecule has 1 unspecified atom stereocenters. The zero-order valence-electron chi connectivity index (χ0n) is 21.2. The number of nitrogens with one attached hydrogen (secondary N) is 2. The molecule has 1 saturated heterocycles. The molecule has 3 aliphatic rings. The lowest BCUT2D eigenvalue weighted by molar-refractivity contribution is -0.137. The molecule has 1 aliphatic carbocycles. The van der Waals surface area contributed by atoms with E-state index in [0.29, 0.717) is 13.1 Å². The highest BCUT2D eigenvalue weighted by Gasteiger charge is 2.45. The summed E-state index contributed by atoms with van der Waals surface area (Å²) in [4.78, 5) is 30.0. The van der Waals surface area contributed by atoms with Gasteiger partial charge >= 0.3 is 6.18 Å². The van der Waals surface area contributed by atoms with Crippen molar-refractivity contribution in [1.82, 2.24) is 20.4 Å². The van der Waals surface area contributed by atoms with Crippen LogP contribution in [0.2, 0.25) is 0 Å². The van der Waals surface area contributed by atoms with E-state index in [1.807, 2.05) is 0 Å². The largest absolute Gasteiger partial charge is 0.416 e. The Hall–Kier alpha value is -2.24. The molecule has 0 radical (unpaired) electrons. The van der Waals surface area contributed by atoms with E-state index in [4.69, 9.17) is 0 Å². The molecule has 3 N–H and O–H groups in total. The second-order valence-corrected chi connectivity index (χ2v) is 11.5. The van der Waals surface area contributed by atoms with Crippen LogP contribution in [0, 0.1) is 0 Å². The third kappa shape index (κ3) is 6.61. The van der Waals surface area contributed by atoms with Gasteiger partial charge in [-0.15, -0.1) is 11.8 Å². The molecule has 1 saturated carbocycles. The summed E-state index contributed by atoms with van der Waals surface area (Å²) in [6.45, 7) is 5.85. The average Bonchev–Trinajstić information content (AvgIpc) is 3.50. The molecule has 1 aromatic rings.